The van der Waals surface area contributed by atoms with Gasteiger partial charge in [-0.25, -0.2) is 0 Å². The van der Waals surface area contributed by atoms with Crippen LogP contribution in [0.2, 0.25) is 0 Å². The summed E-state index contributed by atoms with van der Waals surface area (Å²) in [6.07, 6.45) is 8.56. The molecule has 96 valence electrons. The van der Waals surface area contributed by atoms with Crippen molar-refractivity contribution in [3.05, 3.63) is 36.0 Å². The molecule has 1 aliphatic carbocycles. The SMILES string of the molecule is OCCc1cn(CC2CCCC2)c2ccccc12. The minimum atomic E-state index is 0.234. The van der Waals surface area contributed by atoms with Gasteiger partial charge in [0.1, 0.15) is 0 Å². The van der Waals surface area contributed by atoms with Gasteiger partial charge in [0.2, 0.25) is 0 Å². The number of nitrogens with zero attached hydrogens (tertiary/aromatic N) is 1. The quantitative estimate of drug-likeness (QED) is 0.875. The van der Waals surface area contributed by atoms with Gasteiger partial charge in [-0.1, -0.05) is 31.0 Å². The minimum Gasteiger partial charge on any atom is -0.396 e. The molecule has 1 N–H and O–H groups in total. The maximum Gasteiger partial charge on any atom is 0.0483 e. The molecule has 1 aromatic heterocycles. The molecular weight excluding hydrogens is 222 g/mol. The summed E-state index contributed by atoms with van der Waals surface area (Å²) in [6, 6.07) is 8.57. The Hall–Kier alpha value is -1.28. The fourth-order valence-electron chi connectivity index (χ4n) is 3.26. The van der Waals surface area contributed by atoms with Crippen molar-refractivity contribution in [3.63, 3.8) is 0 Å². The molecule has 0 saturated heterocycles. The highest BCUT2D eigenvalue weighted by atomic mass is 16.2. The molecule has 1 fully saturated rings. The Bertz CT molecular complexity index is 523. The molecule has 1 heterocycles. The van der Waals surface area contributed by atoms with Crippen LogP contribution >= 0.6 is 0 Å². The molecule has 18 heavy (non-hydrogen) atoms. The molecule has 2 nitrogen and oxygen atoms in total. The molecule has 0 unspecified atom stereocenters. The largest absolute Gasteiger partial charge is 0.396 e. The van der Waals surface area contributed by atoms with E-state index in [9.17, 15) is 0 Å². The van der Waals surface area contributed by atoms with Crippen molar-refractivity contribution in [3.8, 4) is 0 Å². The summed E-state index contributed by atoms with van der Waals surface area (Å²) in [5.74, 6) is 0.850. The van der Waals surface area contributed by atoms with Crippen LogP contribution in [0, 0.1) is 5.92 Å². The van der Waals surface area contributed by atoms with Crippen LogP contribution in [0.5, 0.6) is 0 Å². The lowest BCUT2D eigenvalue weighted by Gasteiger charge is -2.11. The zero-order chi connectivity index (χ0) is 12.4. The van der Waals surface area contributed by atoms with Crippen LogP contribution in [0.1, 0.15) is 31.2 Å². The van der Waals surface area contributed by atoms with E-state index in [0.29, 0.717) is 0 Å². The van der Waals surface area contributed by atoms with Gasteiger partial charge in [-0.05, 0) is 36.8 Å². The Labute approximate surface area is 108 Å². The predicted octanol–water partition coefficient (Wildman–Crippen LogP) is 3.37. The first-order valence-electron chi connectivity index (χ1n) is 7.06. The fourth-order valence-corrected chi connectivity index (χ4v) is 3.26. The van der Waals surface area contributed by atoms with Crippen LogP contribution in [0.15, 0.2) is 30.5 Å². The molecule has 0 amide bonds. The van der Waals surface area contributed by atoms with Crippen molar-refractivity contribution < 1.29 is 5.11 Å². The van der Waals surface area contributed by atoms with E-state index in [2.05, 4.69) is 35.0 Å². The van der Waals surface area contributed by atoms with Crippen LogP contribution in [-0.2, 0) is 13.0 Å². The van der Waals surface area contributed by atoms with Gasteiger partial charge in [0.05, 0.1) is 0 Å². The standard InChI is InChI=1S/C16H21NO/c18-10-9-14-12-17(11-13-5-1-2-6-13)16-8-4-3-7-15(14)16/h3-4,7-8,12-13,18H,1-2,5-6,9-11H2. The maximum atomic E-state index is 9.16. The monoisotopic (exact) mass is 243 g/mol. The van der Waals surface area contributed by atoms with Crippen LogP contribution in [-0.4, -0.2) is 16.3 Å². The molecule has 0 bridgehead atoms. The predicted molar refractivity (Wildman–Crippen MR) is 74.7 cm³/mol. The van der Waals surface area contributed by atoms with Crippen molar-refractivity contribution in [1.82, 2.24) is 4.57 Å². The van der Waals surface area contributed by atoms with Crippen LogP contribution < -0.4 is 0 Å². The van der Waals surface area contributed by atoms with Crippen molar-refractivity contribution >= 4 is 10.9 Å². The Morgan fingerprint density at radius 1 is 1.17 bits per heavy atom. The molecule has 1 aromatic carbocycles. The first-order valence-corrected chi connectivity index (χ1v) is 7.06. The number of hydrogen-bond donors (Lipinski definition) is 1. The molecule has 2 aromatic rings. The summed E-state index contributed by atoms with van der Waals surface area (Å²) >= 11 is 0. The number of benzene rings is 1. The summed E-state index contributed by atoms with van der Waals surface area (Å²) in [5, 5.41) is 10.5. The Kier molecular flexibility index (Phi) is 3.37. The van der Waals surface area contributed by atoms with Crippen LogP contribution in [0.3, 0.4) is 0 Å². The second-order valence-electron chi connectivity index (χ2n) is 5.45. The first kappa shape index (κ1) is 11.8. The third-order valence-electron chi connectivity index (χ3n) is 4.18. The van der Waals surface area contributed by atoms with Gasteiger partial charge in [0.25, 0.3) is 0 Å². The normalized spacial score (nSPS) is 16.7. The van der Waals surface area contributed by atoms with Crippen molar-refractivity contribution in [2.75, 3.05) is 6.61 Å². The van der Waals surface area contributed by atoms with Gasteiger partial charge < -0.3 is 9.67 Å². The topological polar surface area (TPSA) is 25.2 Å². The van der Waals surface area contributed by atoms with E-state index in [1.807, 2.05) is 0 Å². The van der Waals surface area contributed by atoms with Crippen molar-refractivity contribution in [2.24, 2.45) is 5.92 Å². The summed E-state index contributed by atoms with van der Waals surface area (Å²) in [4.78, 5) is 0. The van der Waals surface area contributed by atoms with Gasteiger partial charge in [-0.2, -0.15) is 0 Å². The Morgan fingerprint density at radius 3 is 2.72 bits per heavy atom. The Balaban J connectivity index is 1.94. The van der Waals surface area contributed by atoms with E-state index in [1.54, 1.807) is 0 Å². The number of aliphatic hydroxyl groups excluding tert-OH is 1. The number of fused-ring (bicyclic) bond motifs is 1. The second-order valence-corrected chi connectivity index (χ2v) is 5.45. The lowest BCUT2D eigenvalue weighted by atomic mass is 10.1. The van der Waals surface area contributed by atoms with Gasteiger partial charge >= 0.3 is 0 Å². The summed E-state index contributed by atoms with van der Waals surface area (Å²) in [7, 11) is 0. The smallest absolute Gasteiger partial charge is 0.0483 e. The van der Waals surface area contributed by atoms with E-state index in [1.165, 1.54) is 42.1 Å². The molecule has 0 radical (unpaired) electrons. The first-order chi connectivity index (χ1) is 8.88. The van der Waals surface area contributed by atoms with E-state index in [-0.39, 0.29) is 6.61 Å². The third kappa shape index (κ3) is 2.17. The van der Waals surface area contributed by atoms with Gasteiger partial charge in [0, 0.05) is 30.3 Å². The molecule has 1 saturated carbocycles. The van der Waals surface area contributed by atoms with Gasteiger partial charge in [-0.15, -0.1) is 0 Å². The number of hydrogen-bond acceptors (Lipinski definition) is 1. The van der Waals surface area contributed by atoms with E-state index >= 15 is 0 Å². The van der Waals surface area contributed by atoms with Crippen molar-refractivity contribution in [1.29, 1.82) is 0 Å². The molecule has 0 spiro atoms. The minimum absolute atomic E-state index is 0.234. The average molecular weight is 243 g/mol. The van der Waals surface area contributed by atoms with Crippen molar-refractivity contribution in [2.45, 2.75) is 38.6 Å². The summed E-state index contributed by atoms with van der Waals surface area (Å²) in [6.45, 7) is 1.38. The fraction of sp³-hybridized carbons (Fsp3) is 0.500. The van der Waals surface area contributed by atoms with E-state index < -0.39 is 0 Å². The lowest BCUT2D eigenvalue weighted by Crippen LogP contribution is -2.05. The highest BCUT2D eigenvalue weighted by Crippen LogP contribution is 2.29. The summed E-state index contributed by atoms with van der Waals surface area (Å²) < 4.78 is 2.40. The van der Waals surface area contributed by atoms with Crippen LogP contribution in [0.25, 0.3) is 10.9 Å². The molecule has 0 atom stereocenters. The number of aliphatic hydroxyl groups is 1. The number of rotatable bonds is 4. The lowest BCUT2D eigenvalue weighted by molar-refractivity contribution is 0.300. The molecular formula is C16H21NO. The zero-order valence-electron chi connectivity index (χ0n) is 10.8. The van der Waals surface area contributed by atoms with E-state index in [4.69, 9.17) is 5.11 Å². The number of para-hydroxylation sites is 1. The van der Waals surface area contributed by atoms with Gasteiger partial charge in [-0.3, -0.25) is 0 Å². The highest BCUT2D eigenvalue weighted by molar-refractivity contribution is 5.84. The number of aromatic nitrogens is 1. The molecule has 1 aliphatic rings. The maximum absolute atomic E-state index is 9.16. The van der Waals surface area contributed by atoms with Crippen LogP contribution in [0.4, 0.5) is 0 Å². The second kappa shape index (κ2) is 5.15. The highest BCUT2D eigenvalue weighted by Gasteiger charge is 2.17. The summed E-state index contributed by atoms with van der Waals surface area (Å²) in [5.41, 5.74) is 2.61. The third-order valence-corrected chi connectivity index (χ3v) is 4.18. The van der Waals surface area contributed by atoms with Gasteiger partial charge in [0.15, 0.2) is 0 Å². The van der Waals surface area contributed by atoms with E-state index in [0.717, 1.165) is 18.9 Å². The average Bonchev–Trinajstić information content (AvgIpc) is 3.00. The molecule has 3 rings (SSSR count). The molecule has 2 heteroatoms. The Morgan fingerprint density at radius 2 is 1.94 bits per heavy atom. The zero-order valence-corrected chi connectivity index (χ0v) is 10.8. The molecule has 0 aliphatic heterocycles.